The highest BCUT2D eigenvalue weighted by Crippen LogP contribution is 2.48. The molecule has 0 spiro atoms. The fourth-order valence-corrected chi connectivity index (χ4v) is 3.20. The molecule has 0 fully saturated rings. The minimum atomic E-state index is -5.21. The first-order valence-electron chi connectivity index (χ1n) is 7.64. The highest BCUT2D eigenvalue weighted by molar-refractivity contribution is 9.10. The predicted octanol–water partition coefficient (Wildman–Crippen LogP) is 5.35. The third-order valence-electron chi connectivity index (χ3n) is 3.81. The summed E-state index contributed by atoms with van der Waals surface area (Å²) in [6.07, 6.45) is -5.21. The van der Waals surface area contributed by atoms with Crippen molar-refractivity contribution in [3.05, 3.63) is 70.7 Å². The van der Waals surface area contributed by atoms with Crippen molar-refractivity contribution in [3.63, 3.8) is 0 Å². The first kappa shape index (κ1) is 22.0. The van der Waals surface area contributed by atoms with E-state index in [0.29, 0.717) is 6.07 Å². The topological polar surface area (TPSA) is 133 Å². The standard InChI is InChI=1S/C15H10BrF3N4O6/c1-2-20(11-5-3-4-10(16)14(11)23(28)29)13-9(15(17,18)19)6-8(21(24)25)7-12(13)22(26)27/h3-7H,2H2,1H3. The van der Waals surface area contributed by atoms with Crippen LogP contribution in [0.25, 0.3) is 0 Å². The number of hydrogen-bond acceptors (Lipinski definition) is 7. The van der Waals surface area contributed by atoms with Crippen molar-refractivity contribution in [2.45, 2.75) is 13.1 Å². The van der Waals surface area contributed by atoms with E-state index in [1.165, 1.54) is 19.1 Å². The van der Waals surface area contributed by atoms with Crippen molar-refractivity contribution in [3.8, 4) is 0 Å². The molecular weight excluding hydrogens is 469 g/mol. The maximum atomic E-state index is 13.7. The van der Waals surface area contributed by atoms with E-state index < -0.39 is 49.3 Å². The van der Waals surface area contributed by atoms with E-state index in [2.05, 4.69) is 15.9 Å². The molecule has 10 nitrogen and oxygen atoms in total. The lowest BCUT2D eigenvalue weighted by atomic mass is 10.1. The van der Waals surface area contributed by atoms with Gasteiger partial charge in [0.05, 0.1) is 30.9 Å². The van der Waals surface area contributed by atoms with Crippen LogP contribution in [-0.2, 0) is 6.18 Å². The number of nitro benzene ring substituents is 3. The molecule has 0 saturated carbocycles. The highest BCUT2D eigenvalue weighted by Gasteiger charge is 2.42. The molecule has 0 aliphatic heterocycles. The molecule has 14 heteroatoms. The van der Waals surface area contributed by atoms with Gasteiger partial charge in [0.25, 0.3) is 11.4 Å². The second kappa shape index (κ2) is 7.98. The Balaban J connectivity index is 2.98. The van der Waals surface area contributed by atoms with Crippen LogP contribution in [0, 0.1) is 30.3 Å². The largest absolute Gasteiger partial charge is 0.418 e. The van der Waals surface area contributed by atoms with E-state index in [1.807, 2.05) is 0 Å². The van der Waals surface area contributed by atoms with Crippen LogP contribution in [0.15, 0.2) is 34.8 Å². The van der Waals surface area contributed by atoms with Gasteiger partial charge in [-0.15, -0.1) is 0 Å². The molecule has 0 atom stereocenters. The average molecular weight is 479 g/mol. The first-order chi connectivity index (χ1) is 13.4. The van der Waals surface area contributed by atoms with Crippen LogP contribution < -0.4 is 4.90 Å². The van der Waals surface area contributed by atoms with Gasteiger partial charge < -0.3 is 4.90 Å². The fraction of sp³-hybridized carbons (Fsp3) is 0.200. The Morgan fingerprint density at radius 2 is 1.66 bits per heavy atom. The summed E-state index contributed by atoms with van der Waals surface area (Å²) in [5.41, 5.74) is -5.99. The van der Waals surface area contributed by atoms with Crippen molar-refractivity contribution in [1.82, 2.24) is 0 Å². The number of para-hydroxylation sites is 1. The molecule has 154 valence electrons. The van der Waals surface area contributed by atoms with Crippen molar-refractivity contribution >= 4 is 44.4 Å². The normalized spacial score (nSPS) is 11.2. The van der Waals surface area contributed by atoms with Gasteiger partial charge in [0.2, 0.25) is 0 Å². The van der Waals surface area contributed by atoms with Crippen molar-refractivity contribution in [2.24, 2.45) is 0 Å². The molecule has 29 heavy (non-hydrogen) atoms. The van der Waals surface area contributed by atoms with E-state index in [4.69, 9.17) is 0 Å². The monoisotopic (exact) mass is 478 g/mol. The molecule has 0 bridgehead atoms. The van der Waals surface area contributed by atoms with Gasteiger partial charge in [-0.3, -0.25) is 30.3 Å². The van der Waals surface area contributed by atoms with Crippen LogP contribution in [-0.4, -0.2) is 21.3 Å². The van der Waals surface area contributed by atoms with Gasteiger partial charge in [0, 0.05) is 12.6 Å². The molecule has 0 radical (unpaired) electrons. The van der Waals surface area contributed by atoms with Crippen molar-refractivity contribution in [2.75, 3.05) is 11.4 Å². The summed E-state index contributed by atoms with van der Waals surface area (Å²) in [7, 11) is 0. The molecular formula is C15H10BrF3N4O6. The van der Waals surface area contributed by atoms with Crippen LogP contribution in [0.4, 0.5) is 41.6 Å². The molecule has 2 aromatic carbocycles. The third kappa shape index (κ3) is 4.26. The molecule has 0 unspecified atom stereocenters. The Bertz CT molecular complexity index is 1010. The van der Waals surface area contributed by atoms with E-state index in [9.17, 15) is 43.5 Å². The number of anilines is 2. The summed E-state index contributed by atoms with van der Waals surface area (Å²) in [6, 6.07) is 4.26. The summed E-state index contributed by atoms with van der Waals surface area (Å²) >= 11 is 2.94. The Morgan fingerprint density at radius 1 is 1.03 bits per heavy atom. The molecule has 0 aliphatic carbocycles. The molecule has 0 heterocycles. The number of nitro groups is 3. The molecule has 0 N–H and O–H groups in total. The number of alkyl halides is 3. The van der Waals surface area contributed by atoms with Crippen LogP contribution in [0.3, 0.4) is 0 Å². The molecule has 2 rings (SSSR count). The molecule has 0 amide bonds. The second-order valence-electron chi connectivity index (χ2n) is 5.48. The maximum Gasteiger partial charge on any atom is 0.418 e. The van der Waals surface area contributed by atoms with Crippen molar-refractivity contribution < 1.29 is 27.9 Å². The number of halogens is 4. The van der Waals surface area contributed by atoms with Crippen LogP contribution in [0.5, 0.6) is 0 Å². The predicted molar refractivity (Wildman–Crippen MR) is 98.2 cm³/mol. The molecule has 2 aromatic rings. The summed E-state index contributed by atoms with van der Waals surface area (Å²) in [5.74, 6) is 0. The number of nitrogens with zero attached hydrogens (tertiary/aromatic N) is 4. The minimum Gasteiger partial charge on any atom is -0.330 e. The summed E-state index contributed by atoms with van der Waals surface area (Å²) in [5, 5.41) is 33.9. The second-order valence-corrected chi connectivity index (χ2v) is 6.34. The van der Waals surface area contributed by atoms with Crippen LogP contribution in [0.1, 0.15) is 12.5 Å². The Kier molecular flexibility index (Phi) is 6.06. The molecule has 0 saturated heterocycles. The minimum absolute atomic E-state index is 0.0587. The summed E-state index contributed by atoms with van der Waals surface area (Å²) in [4.78, 5) is 31.4. The average Bonchev–Trinajstić information content (AvgIpc) is 2.60. The van der Waals surface area contributed by atoms with E-state index in [-0.39, 0.29) is 22.8 Å². The zero-order valence-corrected chi connectivity index (χ0v) is 15.9. The van der Waals surface area contributed by atoms with Gasteiger partial charge in [-0.1, -0.05) is 6.07 Å². The van der Waals surface area contributed by atoms with Gasteiger partial charge >= 0.3 is 11.9 Å². The maximum absolute atomic E-state index is 13.7. The number of rotatable bonds is 6. The van der Waals surface area contributed by atoms with E-state index >= 15 is 0 Å². The van der Waals surface area contributed by atoms with Crippen LogP contribution in [0.2, 0.25) is 0 Å². The third-order valence-corrected chi connectivity index (χ3v) is 4.45. The Morgan fingerprint density at radius 3 is 2.10 bits per heavy atom. The Hall–Kier alpha value is -3.29. The SMILES string of the molecule is CCN(c1cccc(Br)c1[N+](=O)[O-])c1c([N+](=O)[O-])cc([N+](=O)[O-])cc1C(F)(F)F. The number of hydrogen-bond donors (Lipinski definition) is 0. The quantitative estimate of drug-likeness (QED) is 0.403. The van der Waals surface area contributed by atoms with Gasteiger partial charge in [-0.25, -0.2) is 0 Å². The van der Waals surface area contributed by atoms with Gasteiger partial charge in [0.1, 0.15) is 11.4 Å². The van der Waals surface area contributed by atoms with Gasteiger partial charge in [-0.2, -0.15) is 13.2 Å². The molecule has 0 aliphatic rings. The zero-order chi connectivity index (χ0) is 22.1. The lowest BCUT2D eigenvalue weighted by molar-refractivity contribution is -0.394. The highest BCUT2D eigenvalue weighted by atomic mass is 79.9. The summed E-state index contributed by atoms with van der Waals surface area (Å²) in [6.45, 7) is 0.995. The molecule has 0 aromatic heterocycles. The number of non-ortho nitro benzene ring substituents is 1. The number of benzene rings is 2. The lowest BCUT2D eigenvalue weighted by Gasteiger charge is -2.26. The van der Waals surface area contributed by atoms with Crippen molar-refractivity contribution in [1.29, 1.82) is 0 Å². The zero-order valence-electron chi connectivity index (χ0n) is 14.3. The van der Waals surface area contributed by atoms with Gasteiger partial charge in [-0.05, 0) is 35.0 Å². The van der Waals surface area contributed by atoms with Gasteiger partial charge in [0.15, 0.2) is 0 Å². The Labute approximate surface area is 168 Å². The first-order valence-corrected chi connectivity index (χ1v) is 8.43. The van der Waals surface area contributed by atoms with Crippen LogP contribution >= 0.6 is 15.9 Å². The summed E-state index contributed by atoms with van der Waals surface area (Å²) < 4.78 is 41.0. The van der Waals surface area contributed by atoms with E-state index in [0.717, 1.165) is 11.0 Å². The van der Waals surface area contributed by atoms with E-state index in [1.54, 1.807) is 0 Å². The lowest BCUT2D eigenvalue weighted by Crippen LogP contribution is -2.23. The smallest absolute Gasteiger partial charge is 0.330 e. The fourth-order valence-electron chi connectivity index (χ4n) is 2.70.